The van der Waals surface area contributed by atoms with Crippen molar-refractivity contribution in [2.24, 2.45) is 11.8 Å². The summed E-state index contributed by atoms with van der Waals surface area (Å²) in [7, 11) is 0. The number of likely N-dealkylation sites (tertiary alicyclic amines) is 1. The van der Waals surface area contributed by atoms with E-state index in [2.05, 4.69) is 24.3 Å². The maximum Gasteiger partial charge on any atom is 0.230 e. The van der Waals surface area contributed by atoms with E-state index < -0.39 is 0 Å². The molecule has 1 aromatic heterocycles. The van der Waals surface area contributed by atoms with E-state index in [-0.39, 0.29) is 12.0 Å². The molecule has 0 radical (unpaired) electrons. The third kappa shape index (κ3) is 4.55. The average molecular weight is 353 g/mol. The summed E-state index contributed by atoms with van der Waals surface area (Å²) in [6, 6.07) is 14.2. The molecule has 4 nitrogen and oxygen atoms in total. The summed E-state index contributed by atoms with van der Waals surface area (Å²) >= 11 is 0. The van der Waals surface area contributed by atoms with Gasteiger partial charge in [-0.1, -0.05) is 30.3 Å². The van der Waals surface area contributed by atoms with Crippen molar-refractivity contribution in [1.82, 2.24) is 4.90 Å². The fourth-order valence-corrected chi connectivity index (χ4v) is 3.79. The molecule has 4 heteroatoms. The van der Waals surface area contributed by atoms with E-state index in [1.54, 1.807) is 6.26 Å². The topological polar surface area (TPSA) is 42.7 Å². The molecule has 0 N–H and O–H groups in total. The smallest absolute Gasteiger partial charge is 0.230 e. The summed E-state index contributed by atoms with van der Waals surface area (Å²) in [4.78, 5) is 14.7. The van der Waals surface area contributed by atoms with E-state index in [4.69, 9.17) is 9.15 Å². The largest absolute Gasteiger partial charge is 0.469 e. The van der Waals surface area contributed by atoms with Gasteiger partial charge < -0.3 is 14.1 Å². The normalized spacial score (nSPS) is 23.2. The van der Waals surface area contributed by atoms with Crippen molar-refractivity contribution in [3.8, 4) is 0 Å². The van der Waals surface area contributed by atoms with Crippen LogP contribution in [0.4, 0.5) is 0 Å². The molecule has 2 fully saturated rings. The number of rotatable bonds is 7. The second-order valence-corrected chi connectivity index (χ2v) is 7.65. The molecule has 1 aliphatic heterocycles. The minimum Gasteiger partial charge on any atom is -0.469 e. The molecule has 0 unspecified atom stereocenters. The number of carbonyl (C=O) groups excluding carboxylic acids is 1. The van der Waals surface area contributed by atoms with Gasteiger partial charge in [0, 0.05) is 25.6 Å². The van der Waals surface area contributed by atoms with Gasteiger partial charge in [-0.05, 0) is 49.3 Å². The number of ether oxygens (including phenoxy) is 1. The Hall–Kier alpha value is -2.07. The SMILES string of the molecule is O=C(Cc1ccco1)N1CC[C@@H](OCC2CC2)[C@H](Cc2ccccc2)C1. The minimum absolute atomic E-state index is 0.152. The third-order valence-electron chi connectivity index (χ3n) is 5.51. The van der Waals surface area contributed by atoms with Crippen LogP contribution in [0.3, 0.4) is 0 Å². The van der Waals surface area contributed by atoms with Crippen LogP contribution in [-0.4, -0.2) is 36.6 Å². The lowest BCUT2D eigenvalue weighted by Gasteiger charge is -2.38. The van der Waals surface area contributed by atoms with Gasteiger partial charge in [0.1, 0.15) is 5.76 Å². The molecular weight excluding hydrogens is 326 g/mol. The molecule has 26 heavy (non-hydrogen) atoms. The first-order valence-corrected chi connectivity index (χ1v) is 9.73. The van der Waals surface area contributed by atoms with E-state index in [9.17, 15) is 4.79 Å². The lowest BCUT2D eigenvalue weighted by Crippen LogP contribution is -2.48. The molecule has 1 amide bonds. The van der Waals surface area contributed by atoms with Crippen LogP contribution in [0.25, 0.3) is 0 Å². The molecule has 4 rings (SSSR count). The highest BCUT2D eigenvalue weighted by molar-refractivity contribution is 5.78. The van der Waals surface area contributed by atoms with Crippen LogP contribution in [-0.2, 0) is 22.4 Å². The summed E-state index contributed by atoms with van der Waals surface area (Å²) in [5.74, 6) is 2.01. The molecule has 2 aromatic rings. The lowest BCUT2D eigenvalue weighted by atomic mass is 9.88. The zero-order valence-electron chi connectivity index (χ0n) is 15.2. The second kappa shape index (κ2) is 8.09. The average Bonchev–Trinajstić information content (AvgIpc) is 3.36. The fraction of sp³-hybridized carbons (Fsp3) is 0.500. The summed E-state index contributed by atoms with van der Waals surface area (Å²) < 4.78 is 11.6. The molecule has 0 spiro atoms. The first kappa shape index (κ1) is 17.3. The van der Waals surface area contributed by atoms with Crippen molar-refractivity contribution in [2.75, 3.05) is 19.7 Å². The molecule has 1 saturated heterocycles. The van der Waals surface area contributed by atoms with Crippen LogP contribution in [0.15, 0.2) is 53.1 Å². The monoisotopic (exact) mass is 353 g/mol. The highest BCUT2D eigenvalue weighted by Gasteiger charge is 2.33. The van der Waals surface area contributed by atoms with Crippen LogP contribution in [0.2, 0.25) is 0 Å². The van der Waals surface area contributed by atoms with Crippen LogP contribution in [0.1, 0.15) is 30.6 Å². The Morgan fingerprint density at radius 1 is 1.12 bits per heavy atom. The quantitative estimate of drug-likeness (QED) is 0.762. The maximum absolute atomic E-state index is 12.7. The van der Waals surface area contributed by atoms with Gasteiger partial charge in [-0.2, -0.15) is 0 Å². The Kier molecular flexibility index (Phi) is 5.40. The molecule has 1 aliphatic carbocycles. The minimum atomic E-state index is 0.152. The number of amides is 1. The Morgan fingerprint density at radius 3 is 2.69 bits per heavy atom. The zero-order chi connectivity index (χ0) is 17.8. The molecule has 2 atom stereocenters. The number of benzene rings is 1. The van der Waals surface area contributed by atoms with Crippen molar-refractivity contribution in [3.63, 3.8) is 0 Å². The molecule has 0 bridgehead atoms. The Labute approximate surface area is 155 Å². The number of nitrogens with zero attached hydrogens (tertiary/aromatic N) is 1. The van der Waals surface area contributed by atoms with Gasteiger partial charge in [0.2, 0.25) is 5.91 Å². The van der Waals surface area contributed by atoms with Gasteiger partial charge in [-0.25, -0.2) is 0 Å². The van der Waals surface area contributed by atoms with Gasteiger partial charge in [0.15, 0.2) is 0 Å². The number of carbonyl (C=O) groups is 1. The summed E-state index contributed by atoms with van der Waals surface area (Å²) in [6.07, 6.45) is 6.73. The van der Waals surface area contributed by atoms with Crippen LogP contribution in [0, 0.1) is 11.8 Å². The van der Waals surface area contributed by atoms with E-state index >= 15 is 0 Å². The van der Waals surface area contributed by atoms with Gasteiger partial charge >= 0.3 is 0 Å². The second-order valence-electron chi connectivity index (χ2n) is 7.65. The number of piperidine rings is 1. The van der Waals surface area contributed by atoms with Gasteiger partial charge in [0.05, 0.1) is 18.8 Å². The Morgan fingerprint density at radius 2 is 1.96 bits per heavy atom. The molecular formula is C22H27NO3. The number of furan rings is 1. The Balaban J connectivity index is 1.40. The van der Waals surface area contributed by atoms with Crippen LogP contribution >= 0.6 is 0 Å². The summed E-state index contributed by atoms with van der Waals surface area (Å²) in [6.45, 7) is 2.43. The van der Waals surface area contributed by atoms with Crippen molar-refractivity contribution in [2.45, 2.75) is 38.2 Å². The van der Waals surface area contributed by atoms with Crippen LogP contribution in [0.5, 0.6) is 0 Å². The molecule has 138 valence electrons. The number of hydrogen-bond donors (Lipinski definition) is 0. The van der Waals surface area contributed by atoms with Gasteiger partial charge in [-0.3, -0.25) is 4.79 Å². The summed E-state index contributed by atoms with van der Waals surface area (Å²) in [5, 5.41) is 0. The third-order valence-corrected chi connectivity index (χ3v) is 5.51. The van der Waals surface area contributed by atoms with Crippen LogP contribution < -0.4 is 0 Å². The van der Waals surface area contributed by atoms with Crippen molar-refractivity contribution in [1.29, 1.82) is 0 Å². The van der Waals surface area contributed by atoms with E-state index in [1.165, 1.54) is 18.4 Å². The van der Waals surface area contributed by atoms with E-state index in [0.29, 0.717) is 12.3 Å². The highest BCUT2D eigenvalue weighted by Crippen LogP contribution is 2.32. The van der Waals surface area contributed by atoms with Gasteiger partial charge in [0.25, 0.3) is 0 Å². The van der Waals surface area contributed by atoms with Crippen molar-refractivity contribution >= 4 is 5.91 Å². The Bertz CT molecular complexity index is 693. The van der Waals surface area contributed by atoms with E-state index in [1.807, 2.05) is 23.1 Å². The summed E-state index contributed by atoms with van der Waals surface area (Å²) in [5.41, 5.74) is 1.32. The van der Waals surface area contributed by atoms with E-state index in [0.717, 1.165) is 44.2 Å². The van der Waals surface area contributed by atoms with Crippen molar-refractivity contribution in [3.05, 3.63) is 60.1 Å². The highest BCUT2D eigenvalue weighted by atomic mass is 16.5. The number of hydrogen-bond acceptors (Lipinski definition) is 3. The molecule has 2 aliphatic rings. The van der Waals surface area contributed by atoms with Crippen molar-refractivity contribution < 1.29 is 13.9 Å². The zero-order valence-corrected chi connectivity index (χ0v) is 15.2. The predicted molar refractivity (Wildman–Crippen MR) is 99.7 cm³/mol. The predicted octanol–water partition coefficient (Wildman–Crippen LogP) is 3.71. The standard InChI is InChI=1S/C22H27NO3/c24-22(14-20-7-4-12-25-20)23-11-10-21(26-16-18-8-9-18)19(15-23)13-17-5-2-1-3-6-17/h1-7,12,18-19,21H,8-11,13-16H2/t19-,21-/m1/s1. The molecule has 1 aromatic carbocycles. The first-order chi connectivity index (χ1) is 12.8. The van der Waals surface area contributed by atoms with Gasteiger partial charge in [-0.15, -0.1) is 0 Å². The maximum atomic E-state index is 12.7. The first-order valence-electron chi connectivity index (χ1n) is 9.73. The fourth-order valence-electron chi connectivity index (χ4n) is 3.79. The molecule has 1 saturated carbocycles. The molecule has 2 heterocycles. The lowest BCUT2D eigenvalue weighted by molar-refractivity contribution is -0.136.